The van der Waals surface area contributed by atoms with Gasteiger partial charge in [-0.15, -0.1) is 0 Å². The van der Waals surface area contributed by atoms with Crippen molar-refractivity contribution in [2.75, 3.05) is 86.5 Å². The number of ether oxygens (including phenoxy) is 4. The number of carbonyl (C=O) groups is 9. The van der Waals surface area contributed by atoms with E-state index in [1.165, 1.54) is 6.92 Å². The fourth-order valence-corrected chi connectivity index (χ4v) is 15.1. The van der Waals surface area contributed by atoms with E-state index >= 15 is 0 Å². The van der Waals surface area contributed by atoms with Crippen LogP contribution in [0.2, 0.25) is 0 Å². The number of nitrogens with one attached hydrogen (secondary N) is 1. The molecule has 3 radical (unpaired) electrons. The zero-order chi connectivity index (χ0) is 103. The van der Waals surface area contributed by atoms with Crippen molar-refractivity contribution in [2.24, 2.45) is 0 Å². The minimum Gasteiger partial charge on any atom is -0.870 e. The number of halogens is 3. The number of anilines is 1. The van der Waals surface area contributed by atoms with Gasteiger partial charge in [0.15, 0.2) is 28.6 Å². The molecule has 0 unspecified atom stereocenters. The molecule has 5 aliphatic rings. The molecule has 38 nitrogen and oxygen atoms in total. The van der Waals surface area contributed by atoms with Gasteiger partial charge in [0.05, 0.1) is 54.8 Å². The van der Waals surface area contributed by atoms with Crippen molar-refractivity contribution < 1.29 is 149 Å². The van der Waals surface area contributed by atoms with Gasteiger partial charge in [-0.1, -0.05) is 178 Å². The molecule has 0 saturated carbocycles. The van der Waals surface area contributed by atoms with Crippen LogP contribution in [-0.2, 0) is 128 Å². The minimum absolute atomic E-state index is 0. The molecule has 5 aliphatic heterocycles. The summed E-state index contributed by atoms with van der Waals surface area (Å²) in [6.45, 7) is 33.0. The van der Waals surface area contributed by atoms with Crippen LogP contribution in [-0.4, -0.2) is 240 Å². The number of carboxylic acids is 1. The van der Waals surface area contributed by atoms with Gasteiger partial charge in [-0.2, -0.15) is 0 Å². The maximum atomic E-state index is 12.6. The predicted molar refractivity (Wildman–Crippen MR) is 534 cm³/mol. The number of nitrogens with two attached hydrogens (primary N) is 1. The number of nitrogen functional groups attached to an aromatic ring is 1. The second kappa shape index (κ2) is 62.5. The number of nitrogens with zero attached hydrogens (tertiary/aromatic N) is 15. The Morgan fingerprint density at radius 1 is 0.469 bits per heavy atom. The largest absolute Gasteiger partial charge is 1.00 e. The third-order valence-electron chi connectivity index (χ3n) is 20.9. The molecule has 0 atom stereocenters. The Labute approximate surface area is 885 Å². The Balaban J connectivity index is 0.000000348. The number of aromatic carboxylic acids is 1. The molecule has 1 amide bonds. The van der Waals surface area contributed by atoms with Crippen LogP contribution >= 0.6 is 33.0 Å². The first-order valence-corrected chi connectivity index (χ1v) is 48.5. The zero-order valence-electron chi connectivity index (χ0n) is 84.4. The number of imidazole rings is 5. The summed E-state index contributed by atoms with van der Waals surface area (Å²) in [6, 6.07) is 51.2. The van der Waals surface area contributed by atoms with E-state index in [4.69, 9.17) is 50.1 Å². The summed E-state index contributed by atoms with van der Waals surface area (Å²) in [5.41, 5.74) is 15.7. The van der Waals surface area contributed by atoms with Crippen molar-refractivity contribution >= 4 is 109 Å². The molecule has 0 bridgehead atoms. The number of benzene rings is 5. The molecular weight excluding hydrogens is 1930 g/mol. The van der Waals surface area contributed by atoms with E-state index in [-0.39, 0.29) is 95.8 Å². The van der Waals surface area contributed by atoms with Crippen molar-refractivity contribution in [3.05, 3.63) is 220 Å². The Bertz CT molecular complexity index is 5760. The van der Waals surface area contributed by atoms with Crippen molar-refractivity contribution in [3.8, 4) is 56.9 Å². The van der Waals surface area contributed by atoms with Gasteiger partial charge in [0.25, 0.3) is 5.24 Å². The van der Waals surface area contributed by atoms with Crippen LogP contribution in [0.15, 0.2) is 162 Å². The van der Waals surface area contributed by atoms with Crippen LogP contribution in [0, 0.1) is 0 Å². The second-order valence-electron chi connectivity index (χ2n) is 33.9. The summed E-state index contributed by atoms with van der Waals surface area (Å²) in [4.78, 5) is 140. The number of amides is 1. The SMILES string of the molecule is CC(=O)OOC(C)=O.CC(C)(C)c1cc(N)no1.CCOC(=O)c1nc(-c2ccccc2)n2c1CN(C(=O)OC(C)(C)C)CCC2.CCOC(=O)c1nc(-c2ccccc2)n2c1CN(C)CCC2.CCOC(=O)c1nc(-c2ccccc2)n2c1CNCCC2.CN1CCCn2c(-c3ccccc3)nc(C(=O)Cl)c2C1.CN1CCCn2c(-c3ccccc3)nc(C(=O)O)c2C1.CO.O=S(Cl)Cl.[B-]OC(C)=O.[Li+].[Na+].[OH-]. The number of hydrogen-bond donors (Lipinski definition) is 4. The third-order valence-corrected chi connectivity index (χ3v) is 21.1. The maximum Gasteiger partial charge on any atom is 1.00 e. The number of aliphatic hydroxyl groups is 1. The predicted octanol–water partition coefficient (Wildman–Crippen LogP) is 9.20. The van der Waals surface area contributed by atoms with Crippen LogP contribution < -0.4 is 59.5 Å². The fraction of sp³-hybridized carbons (Fsp3) is 0.418. The molecule has 16 rings (SSSR count). The topological polar surface area (TPSA) is 472 Å². The van der Waals surface area contributed by atoms with E-state index in [0.717, 1.165) is 185 Å². The number of carbonyl (C=O) groups excluding carboxylic acids is 8. The number of carboxylic acid groups (broad SMARTS) is 1. The molecular formula is C98H126BCl3LiN17NaO21S. The molecule has 5 aromatic carbocycles. The summed E-state index contributed by atoms with van der Waals surface area (Å²) in [6.07, 6.45) is 4.45. The number of hydrogen-bond acceptors (Lipinski definition) is 31. The quantitative estimate of drug-likeness (QED) is 0.0208. The van der Waals surface area contributed by atoms with E-state index in [0.29, 0.717) is 86.9 Å². The van der Waals surface area contributed by atoms with Gasteiger partial charge in [0.2, 0.25) is 15.2 Å². The van der Waals surface area contributed by atoms with E-state index < -0.39 is 56.0 Å². The average Bonchev–Trinajstić information content (AvgIpc) is 1.65. The van der Waals surface area contributed by atoms with E-state index in [1.54, 1.807) is 17.9 Å². The summed E-state index contributed by atoms with van der Waals surface area (Å²) in [5.74, 6) is 1.44. The van der Waals surface area contributed by atoms with Crippen LogP contribution in [0.25, 0.3) is 56.9 Å². The summed E-state index contributed by atoms with van der Waals surface area (Å²) in [5, 5.41) is 22.8. The van der Waals surface area contributed by atoms with Crippen LogP contribution in [0.5, 0.6) is 0 Å². The summed E-state index contributed by atoms with van der Waals surface area (Å²) in [7, 11) is 18.8. The van der Waals surface area contributed by atoms with E-state index in [9.17, 15) is 48.3 Å². The van der Waals surface area contributed by atoms with E-state index in [1.807, 2.05) is 226 Å². The average molecular weight is 2060 g/mol. The minimum atomic E-state index is -1.67. The first-order chi connectivity index (χ1) is 66.8. The molecule has 6 N–H and O–H groups in total. The van der Waals surface area contributed by atoms with Crippen molar-refractivity contribution in [1.82, 2.24) is 77.8 Å². The monoisotopic (exact) mass is 2050 g/mol. The fourth-order valence-electron chi connectivity index (χ4n) is 14.9. The van der Waals surface area contributed by atoms with Gasteiger partial charge in [-0.3, -0.25) is 9.59 Å². The third kappa shape index (κ3) is 38.7. The standard InChI is InChI=1S/C21H27N3O4.C17H21N3O2.C16H19N3O2.C15H16ClN3O.C15H17N3O2.C7H12N2O.C4H6O4.C2H3BO2.CH4O.Cl2OS.Li.Na.H2O/c1-5-27-19(25)17-16-14-23(20(26)28-21(2,3)4)12-9-13-24(16)18(22-17)15-10-7-6-8-11-15;1-3-22-17(21)15-14-12-19(2)10-7-11-20(14)16(18-15)13-8-5-4-6-9-13;1-2-21-16(20)14-13-11-17-9-6-10-19(13)15(18-14)12-7-4-3-5-8-12;1-18-8-5-9-19-12(10-18)13(14(16)20)17-15(19)11-6-3-2-4-7-11;1-17-8-5-9-18-12(10-17)13(15(19)20)16-14(18)11-6-3-2-4-7-11;1-7(2,3)5-4-6(8)9-10-5;1-3(5)7-8-4(2)6;1-2(4)5-3;1-2;1-4(2)3;;;/h6-8,10-11H,5,9,12-14H2,1-4H3;4-6,8-9H,3,7,10-12H2,1-2H3;3-5,7-8,17H,2,6,9-11H2,1H3;2-4,6-7H,5,8-10H2,1H3;2-4,6-7H,5,8-10H2,1H3,(H,19,20);4H,1-3H3,(H2,8,9);1-2H3;1H3;2H,1H3;;;;1H2/q;;;;;;;-1;;;2*+1;/p-1. The molecule has 0 fully saturated rings. The van der Waals surface area contributed by atoms with Gasteiger partial charge in [0, 0.05) is 154 Å². The molecule has 6 aromatic heterocycles. The Morgan fingerprint density at radius 3 is 1.03 bits per heavy atom. The van der Waals surface area contributed by atoms with Gasteiger partial charge in [-0.25, -0.2) is 72.5 Å². The first-order valence-electron chi connectivity index (χ1n) is 45.3. The molecule has 45 heteroatoms. The Morgan fingerprint density at radius 2 is 0.755 bits per heavy atom. The van der Waals surface area contributed by atoms with E-state index in [2.05, 4.69) is 119 Å². The van der Waals surface area contributed by atoms with Gasteiger partial charge < -0.3 is 105 Å². The number of rotatable bonds is 13. The molecule has 0 saturated heterocycles. The summed E-state index contributed by atoms with van der Waals surface area (Å²) >= 11 is 5.71. The number of aromatic nitrogens is 11. The molecule has 11 heterocycles. The van der Waals surface area contributed by atoms with Crippen LogP contribution in [0.3, 0.4) is 0 Å². The summed E-state index contributed by atoms with van der Waals surface area (Å²) < 4.78 is 49.2. The second-order valence-corrected chi connectivity index (χ2v) is 36.7. The molecule has 11 aromatic rings. The van der Waals surface area contributed by atoms with Crippen molar-refractivity contribution in [1.29, 1.82) is 0 Å². The number of aliphatic hydroxyl groups excluding tert-OH is 1. The molecule has 0 spiro atoms. The van der Waals surface area contributed by atoms with Crippen molar-refractivity contribution in [2.45, 2.75) is 192 Å². The van der Waals surface area contributed by atoms with Gasteiger partial charge >= 0.3 is 90.3 Å². The first kappa shape index (κ1) is 124. The molecule has 761 valence electrons. The van der Waals surface area contributed by atoms with Crippen LogP contribution in [0.1, 0.15) is 202 Å². The zero-order valence-corrected chi connectivity index (χ0v) is 89.5. The smallest absolute Gasteiger partial charge is 0.870 e. The number of esters is 3. The normalized spacial score (nSPS) is 13.4. The Hall–Kier alpha value is -11.2. The molecule has 0 aliphatic carbocycles. The molecule has 143 heavy (non-hydrogen) atoms. The maximum absolute atomic E-state index is 12.6. The van der Waals surface area contributed by atoms with Crippen LogP contribution in [0.4, 0.5) is 10.6 Å². The van der Waals surface area contributed by atoms with Gasteiger partial charge in [-0.05, 0) is 133 Å². The number of fused-ring (bicyclic) bond motifs is 5. The Kier molecular flexibility index (Phi) is 54.3. The van der Waals surface area contributed by atoms with Gasteiger partial charge in [0.1, 0.15) is 46.2 Å². The van der Waals surface area contributed by atoms with Crippen molar-refractivity contribution in [3.63, 3.8) is 0 Å².